The second kappa shape index (κ2) is 3.87. The summed E-state index contributed by atoms with van der Waals surface area (Å²) in [5, 5.41) is 3.92. The van der Waals surface area contributed by atoms with E-state index in [2.05, 4.69) is 24.2 Å². The van der Waals surface area contributed by atoms with Crippen LogP contribution >= 0.6 is 0 Å². The molecular weight excluding hydrogens is 188 g/mol. The van der Waals surface area contributed by atoms with Crippen LogP contribution in [0.5, 0.6) is 0 Å². The van der Waals surface area contributed by atoms with Crippen LogP contribution in [0.4, 0.5) is 0 Å². The first-order valence-electron chi connectivity index (χ1n) is 4.95. The molecule has 0 saturated heterocycles. The van der Waals surface area contributed by atoms with Gasteiger partial charge in [0.15, 0.2) is 0 Å². The van der Waals surface area contributed by atoms with E-state index in [1.165, 1.54) is 5.56 Å². The van der Waals surface area contributed by atoms with Crippen LogP contribution in [-0.2, 0) is 0 Å². The zero-order chi connectivity index (χ0) is 10.8. The van der Waals surface area contributed by atoms with Crippen molar-refractivity contribution in [3.8, 4) is 11.1 Å². The molecule has 1 atom stereocenters. The van der Waals surface area contributed by atoms with Crippen molar-refractivity contribution in [2.24, 2.45) is 5.73 Å². The maximum absolute atomic E-state index is 5.81. The van der Waals surface area contributed by atoms with Gasteiger partial charge in [-0.05, 0) is 19.4 Å². The molecule has 1 aromatic heterocycles. The molecule has 0 aliphatic carbocycles. The number of nitrogens with two attached hydrogens (primary N) is 1. The van der Waals surface area contributed by atoms with Crippen LogP contribution in [0, 0.1) is 6.92 Å². The van der Waals surface area contributed by atoms with Gasteiger partial charge in [0.05, 0.1) is 0 Å². The number of nitrogens with zero attached hydrogens (tertiary/aromatic N) is 1. The van der Waals surface area contributed by atoms with Crippen molar-refractivity contribution in [1.29, 1.82) is 0 Å². The first-order valence-corrected chi connectivity index (χ1v) is 4.95. The van der Waals surface area contributed by atoms with E-state index in [1.807, 2.05) is 19.1 Å². The molecule has 2 rings (SSSR count). The number of hydrogen-bond donors (Lipinski definition) is 1. The van der Waals surface area contributed by atoms with Crippen LogP contribution in [0.3, 0.4) is 0 Å². The Labute approximate surface area is 88.9 Å². The van der Waals surface area contributed by atoms with Gasteiger partial charge in [0.2, 0.25) is 0 Å². The van der Waals surface area contributed by atoms with Gasteiger partial charge in [0, 0.05) is 11.6 Å². The number of rotatable bonds is 2. The van der Waals surface area contributed by atoms with E-state index < -0.39 is 0 Å². The highest BCUT2D eigenvalue weighted by Gasteiger charge is 2.13. The molecule has 3 heteroatoms. The SMILES string of the molecule is Cc1cccc(-c2conc2C(C)N)c1. The van der Waals surface area contributed by atoms with E-state index in [-0.39, 0.29) is 6.04 Å². The fourth-order valence-electron chi connectivity index (χ4n) is 1.60. The maximum Gasteiger partial charge on any atom is 0.131 e. The molecule has 0 radical (unpaired) electrons. The Morgan fingerprint density at radius 2 is 2.20 bits per heavy atom. The summed E-state index contributed by atoms with van der Waals surface area (Å²) in [7, 11) is 0. The second-order valence-electron chi connectivity index (χ2n) is 3.77. The van der Waals surface area contributed by atoms with Crippen LogP contribution in [0.25, 0.3) is 11.1 Å². The lowest BCUT2D eigenvalue weighted by Gasteiger charge is -2.04. The Kier molecular flexibility index (Phi) is 2.56. The van der Waals surface area contributed by atoms with Gasteiger partial charge < -0.3 is 10.3 Å². The highest BCUT2D eigenvalue weighted by atomic mass is 16.5. The number of hydrogen-bond acceptors (Lipinski definition) is 3. The minimum absolute atomic E-state index is 0.112. The topological polar surface area (TPSA) is 52.0 Å². The smallest absolute Gasteiger partial charge is 0.131 e. The molecular formula is C12H14N2O. The second-order valence-corrected chi connectivity index (χ2v) is 3.77. The minimum atomic E-state index is -0.112. The van der Waals surface area contributed by atoms with Crippen molar-refractivity contribution in [3.05, 3.63) is 41.8 Å². The fraction of sp³-hybridized carbons (Fsp3) is 0.250. The standard InChI is InChI=1S/C12H14N2O/c1-8-4-3-5-10(6-8)11-7-15-14-12(11)9(2)13/h3-7,9H,13H2,1-2H3. The molecule has 2 aromatic rings. The highest BCUT2D eigenvalue weighted by molar-refractivity contribution is 5.65. The van der Waals surface area contributed by atoms with E-state index in [0.29, 0.717) is 0 Å². The van der Waals surface area contributed by atoms with Gasteiger partial charge in [0.1, 0.15) is 12.0 Å². The van der Waals surface area contributed by atoms with Crippen molar-refractivity contribution in [2.75, 3.05) is 0 Å². The van der Waals surface area contributed by atoms with Gasteiger partial charge in [-0.2, -0.15) is 0 Å². The van der Waals surface area contributed by atoms with Crippen molar-refractivity contribution in [2.45, 2.75) is 19.9 Å². The number of benzene rings is 1. The Morgan fingerprint density at radius 1 is 1.40 bits per heavy atom. The molecule has 0 aliphatic rings. The predicted octanol–water partition coefficient (Wildman–Crippen LogP) is 2.67. The van der Waals surface area contributed by atoms with Crippen molar-refractivity contribution in [1.82, 2.24) is 5.16 Å². The summed E-state index contributed by atoms with van der Waals surface area (Å²) in [6.45, 7) is 3.96. The van der Waals surface area contributed by atoms with Gasteiger partial charge in [-0.25, -0.2) is 0 Å². The lowest BCUT2D eigenvalue weighted by atomic mass is 10.0. The normalized spacial score (nSPS) is 12.7. The summed E-state index contributed by atoms with van der Waals surface area (Å²) in [5.41, 5.74) is 9.91. The third kappa shape index (κ3) is 1.92. The number of aromatic nitrogens is 1. The van der Waals surface area contributed by atoms with Crippen LogP contribution in [0.2, 0.25) is 0 Å². The van der Waals surface area contributed by atoms with E-state index in [0.717, 1.165) is 16.8 Å². The first-order chi connectivity index (χ1) is 7.18. The van der Waals surface area contributed by atoms with Crippen LogP contribution in [0.1, 0.15) is 24.2 Å². The van der Waals surface area contributed by atoms with Crippen molar-refractivity contribution in [3.63, 3.8) is 0 Å². The largest absolute Gasteiger partial charge is 0.364 e. The molecule has 78 valence electrons. The van der Waals surface area contributed by atoms with Gasteiger partial charge in [0.25, 0.3) is 0 Å². The Balaban J connectivity index is 2.49. The molecule has 15 heavy (non-hydrogen) atoms. The summed E-state index contributed by atoms with van der Waals surface area (Å²) in [4.78, 5) is 0. The van der Waals surface area contributed by atoms with Crippen LogP contribution < -0.4 is 5.73 Å². The fourth-order valence-corrected chi connectivity index (χ4v) is 1.60. The molecule has 1 heterocycles. The van der Waals surface area contributed by atoms with E-state index in [1.54, 1.807) is 6.26 Å². The summed E-state index contributed by atoms with van der Waals surface area (Å²) in [6, 6.07) is 8.09. The molecule has 1 aromatic carbocycles. The summed E-state index contributed by atoms with van der Waals surface area (Å²) < 4.78 is 4.97. The molecule has 3 nitrogen and oxygen atoms in total. The number of aryl methyl sites for hydroxylation is 1. The molecule has 1 unspecified atom stereocenters. The molecule has 0 amide bonds. The van der Waals surface area contributed by atoms with E-state index >= 15 is 0 Å². The van der Waals surface area contributed by atoms with Gasteiger partial charge in [-0.1, -0.05) is 35.0 Å². The van der Waals surface area contributed by atoms with Gasteiger partial charge in [-0.3, -0.25) is 0 Å². The van der Waals surface area contributed by atoms with Crippen molar-refractivity contribution < 1.29 is 4.52 Å². The molecule has 0 bridgehead atoms. The first kappa shape index (κ1) is 9.93. The predicted molar refractivity (Wildman–Crippen MR) is 59.3 cm³/mol. The minimum Gasteiger partial charge on any atom is -0.364 e. The average molecular weight is 202 g/mol. The summed E-state index contributed by atoms with van der Waals surface area (Å²) in [5.74, 6) is 0. The average Bonchev–Trinajstić information content (AvgIpc) is 2.65. The molecule has 0 fully saturated rings. The third-order valence-electron chi connectivity index (χ3n) is 2.36. The Hall–Kier alpha value is -1.61. The molecule has 0 saturated carbocycles. The summed E-state index contributed by atoms with van der Waals surface area (Å²) >= 11 is 0. The van der Waals surface area contributed by atoms with Gasteiger partial charge >= 0.3 is 0 Å². The van der Waals surface area contributed by atoms with Crippen LogP contribution in [-0.4, -0.2) is 5.16 Å². The van der Waals surface area contributed by atoms with E-state index in [9.17, 15) is 0 Å². The third-order valence-corrected chi connectivity index (χ3v) is 2.36. The lowest BCUT2D eigenvalue weighted by molar-refractivity contribution is 0.407. The Morgan fingerprint density at radius 3 is 2.87 bits per heavy atom. The zero-order valence-corrected chi connectivity index (χ0v) is 8.90. The quantitative estimate of drug-likeness (QED) is 0.814. The van der Waals surface area contributed by atoms with Gasteiger partial charge in [-0.15, -0.1) is 0 Å². The molecule has 0 aliphatic heterocycles. The monoisotopic (exact) mass is 202 g/mol. The Bertz CT molecular complexity index is 460. The molecule has 2 N–H and O–H groups in total. The lowest BCUT2D eigenvalue weighted by Crippen LogP contribution is -2.06. The summed E-state index contributed by atoms with van der Waals surface area (Å²) in [6.07, 6.45) is 1.65. The molecule has 0 spiro atoms. The maximum atomic E-state index is 5.81. The zero-order valence-electron chi connectivity index (χ0n) is 8.90. The van der Waals surface area contributed by atoms with E-state index in [4.69, 9.17) is 10.3 Å². The highest BCUT2D eigenvalue weighted by Crippen LogP contribution is 2.26. The van der Waals surface area contributed by atoms with Crippen molar-refractivity contribution >= 4 is 0 Å². The van der Waals surface area contributed by atoms with Crippen LogP contribution in [0.15, 0.2) is 35.1 Å².